The van der Waals surface area contributed by atoms with E-state index < -0.39 is 23.8 Å². The molecule has 234 valence electrons. The number of amidine groups is 1. The minimum Gasteiger partial charge on any atom is -0.481 e. The summed E-state index contributed by atoms with van der Waals surface area (Å²) >= 11 is 4.87. The van der Waals surface area contributed by atoms with Gasteiger partial charge in [-0.25, -0.2) is 19.0 Å². The van der Waals surface area contributed by atoms with Crippen molar-refractivity contribution in [3.8, 4) is 0 Å². The fourth-order valence-electron chi connectivity index (χ4n) is 5.89. The maximum Gasteiger partial charge on any atom is 0.338 e. The average Bonchev–Trinajstić information content (AvgIpc) is 3.66. The number of nitrogens with one attached hydrogen (secondary N) is 1. The number of piperazine rings is 1. The van der Waals surface area contributed by atoms with Crippen LogP contribution >= 0.6 is 27.3 Å². The summed E-state index contributed by atoms with van der Waals surface area (Å²) in [5.41, 5.74) is 2.94. The van der Waals surface area contributed by atoms with E-state index in [0.717, 1.165) is 0 Å². The number of anilines is 1. The number of urea groups is 1. The first-order valence-corrected chi connectivity index (χ1v) is 16.1. The number of fused-ring (bicyclic) bond motifs is 1. The molecule has 2 saturated heterocycles. The van der Waals surface area contributed by atoms with Gasteiger partial charge in [-0.1, -0.05) is 34.1 Å². The van der Waals surface area contributed by atoms with Crippen molar-refractivity contribution in [1.29, 1.82) is 0 Å². The van der Waals surface area contributed by atoms with Gasteiger partial charge >= 0.3 is 18.0 Å². The number of carboxylic acid groups (broad SMARTS) is 1. The molecular weight excluding hydrogens is 667 g/mol. The van der Waals surface area contributed by atoms with Gasteiger partial charge in [-0.05, 0) is 42.3 Å². The number of nitrogens with zero attached hydrogens (tertiary/aromatic N) is 5. The number of esters is 1. The summed E-state index contributed by atoms with van der Waals surface area (Å²) in [6, 6.07) is 10.4. The standard InChI is InChI=1S/C31H30BrFN6O5S/c1-2-44-30(42)26-24(35-28(29-34-9-12-45-29)36-27(26)22-8-5-19(33)14-23(22)32)17-37-10-11-38-21(15-37)16-39(31(38)43)20-6-3-18(4-7-20)13-25(40)41/h3-9,12,14,21,27H,2,10-11,13,15-17H2,1H3,(H,35,36)(H,40,41). The predicted molar refractivity (Wildman–Crippen MR) is 170 cm³/mol. The molecule has 2 unspecified atom stereocenters. The molecule has 2 fully saturated rings. The van der Waals surface area contributed by atoms with Gasteiger partial charge < -0.3 is 20.1 Å². The van der Waals surface area contributed by atoms with Crippen molar-refractivity contribution in [2.45, 2.75) is 25.4 Å². The lowest BCUT2D eigenvalue weighted by Gasteiger charge is -2.38. The molecule has 2 N–H and O–H groups in total. The van der Waals surface area contributed by atoms with Crippen LogP contribution in [0.1, 0.15) is 29.1 Å². The second-order valence-electron chi connectivity index (χ2n) is 10.8. The summed E-state index contributed by atoms with van der Waals surface area (Å²) in [4.78, 5) is 53.0. The van der Waals surface area contributed by atoms with Gasteiger partial charge in [0.05, 0.1) is 24.6 Å². The van der Waals surface area contributed by atoms with Gasteiger partial charge in [-0.3, -0.25) is 19.6 Å². The Kier molecular flexibility index (Phi) is 8.97. The molecule has 0 saturated carbocycles. The molecule has 0 aliphatic carbocycles. The molecule has 11 nitrogen and oxygen atoms in total. The predicted octanol–water partition coefficient (Wildman–Crippen LogP) is 4.21. The fraction of sp³-hybridized carbons (Fsp3) is 0.323. The summed E-state index contributed by atoms with van der Waals surface area (Å²) in [6.07, 6.45) is 1.60. The Labute approximate surface area is 271 Å². The highest BCUT2D eigenvalue weighted by atomic mass is 79.9. The van der Waals surface area contributed by atoms with Crippen LogP contribution in [0.15, 0.2) is 74.8 Å². The molecule has 14 heteroatoms. The quantitative estimate of drug-likeness (QED) is 0.319. The number of hydrogen-bond donors (Lipinski definition) is 2. The number of carbonyl (C=O) groups excluding carboxylic acids is 2. The largest absolute Gasteiger partial charge is 0.481 e. The molecule has 6 rings (SSSR count). The lowest BCUT2D eigenvalue weighted by Crippen LogP contribution is -2.53. The number of aliphatic carboxylic acids is 1. The third-order valence-electron chi connectivity index (χ3n) is 7.94. The molecule has 4 heterocycles. The second kappa shape index (κ2) is 13.1. The van der Waals surface area contributed by atoms with Crippen LogP contribution in [0.4, 0.5) is 14.9 Å². The van der Waals surface area contributed by atoms with Crippen LogP contribution in [0.2, 0.25) is 0 Å². The molecule has 0 spiro atoms. The normalized spacial score (nSPS) is 20.2. The highest BCUT2D eigenvalue weighted by Gasteiger charge is 2.42. The van der Waals surface area contributed by atoms with Crippen molar-refractivity contribution in [2.75, 3.05) is 44.2 Å². The number of ether oxygens (including phenoxy) is 1. The third-order valence-corrected chi connectivity index (χ3v) is 9.40. The van der Waals surface area contributed by atoms with Crippen molar-refractivity contribution in [3.05, 3.63) is 91.7 Å². The summed E-state index contributed by atoms with van der Waals surface area (Å²) in [5.74, 6) is -1.34. The molecule has 1 aromatic heterocycles. The van der Waals surface area contributed by atoms with Crippen LogP contribution in [-0.4, -0.2) is 89.1 Å². The van der Waals surface area contributed by atoms with Crippen molar-refractivity contribution < 1.29 is 28.6 Å². The molecule has 3 aromatic rings. The van der Waals surface area contributed by atoms with Crippen molar-refractivity contribution in [1.82, 2.24) is 20.1 Å². The lowest BCUT2D eigenvalue weighted by atomic mass is 9.95. The number of hydrogen-bond acceptors (Lipinski definition) is 9. The topological polar surface area (TPSA) is 128 Å². The first-order chi connectivity index (χ1) is 21.7. The molecule has 0 radical (unpaired) electrons. The molecule has 3 aliphatic rings. The lowest BCUT2D eigenvalue weighted by molar-refractivity contribution is -0.139. The smallest absolute Gasteiger partial charge is 0.338 e. The number of thiazole rings is 1. The Hall–Kier alpha value is -4.14. The fourth-order valence-corrected chi connectivity index (χ4v) is 7.05. The van der Waals surface area contributed by atoms with E-state index in [0.29, 0.717) is 76.1 Å². The van der Waals surface area contributed by atoms with Gasteiger partial charge in [0.2, 0.25) is 0 Å². The number of rotatable bonds is 9. The number of benzene rings is 2. The Morgan fingerprint density at radius 2 is 1.98 bits per heavy atom. The van der Waals surface area contributed by atoms with Gasteiger partial charge in [-0.15, -0.1) is 11.3 Å². The Bertz CT molecular complexity index is 1680. The van der Waals surface area contributed by atoms with E-state index in [1.807, 2.05) is 10.3 Å². The van der Waals surface area contributed by atoms with E-state index in [1.165, 1.54) is 23.5 Å². The van der Waals surface area contributed by atoms with E-state index in [1.54, 1.807) is 48.4 Å². The highest BCUT2D eigenvalue weighted by Crippen LogP contribution is 2.37. The number of amides is 2. The Morgan fingerprint density at radius 3 is 2.67 bits per heavy atom. The molecule has 2 amide bonds. The van der Waals surface area contributed by atoms with E-state index in [2.05, 4.69) is 31.1 Å². The van der Waals surface area contributed by atoms with Gasteiger partial charge in [-0.2, -0.15) is 0 Å². The van der Waals surface area contributed by atoms with Gasteiger partial charge in [0.1, 0.15) is 11.9 Å². The molecule has 2 aromatic carbocycles. The van der Waals surface area contributed by atoms with Crippen molar-refractivity contribution >= 4 is 56.8 Å². The van der Waals surface area contributed by atoms with E-state index >= 15 is 0 Å². The van der Waals surface area contributed by atoms with Crippen LogP contribution in [0.5, 0.6) is 0 Å². The summed E-state index contributed by atoms with van der Waals surface area (Å²) in [5, 5.41) is 14.9. The third kappa shape index (κ3) is 6.49. The van der Waals surface area contributed by atoms with Crippen LogP contribution in [0, 0.1) is 5.82 Å². The average molecular weight is 698 g/mol. The minimum absolute atomic E-state index is 0.0798. The van der Waals surface area contributed by atoms with E-state index in [-0.39, 0.29) is 25.1 Å². The first kappa shape index (κ1) is 30.9. The second-order valence-corrected chi connectivity index (χ2v) is 12.6. The number of halogens is 2. The van der Waals surface area contributed by atoms with Crippen LogP contribution in [-0.2, 0) is 20.7 Å². The molecular formula is C31H30BrFN6O5S. The van der Waals surface area contributed by atoms with Crippen LogP contribution in [0.3, 0.4) is 0 Å². The maximum atomic E-state index is 14.1. The van der Waals surface area contributed by atoms with Crippen molar-refractivity contribution in [2.24, 2.45) is 4.99 Å². The van der Waals surface area contributed by atoms with Gasteiger partial charge in [0.15, 0.2) is 10.8 Å². The van der Waals surface area contributed by atoms with E-state index in [4.69, 9.17) is 14.8 Å². The van der Waals surface area contributed by atoms with Crippen molar-refractivity contribution in [3.63, 3.8) is 0 Å². The zero-order chi connectivity index (χ0) is 31.7. The minimum atomic E-state index is -0.910. The maximum absolute atomic E-state index is 14.1. The molecule has 3 aliphatic heterocycles. The van der Waals surface area contributed by atoms with Gasteiger partial charge in [0.25, 0.3) is 0 Å². The molecule has 0 bridgehead atoms. The van der Waals surface area contributed by atoms with Crippen LogP contribution < -0.4 is 10.2 Å². The number of carbonyl (C=O) groups is 3. The van der Waals surface area contributed by atoms with Crippen LogP contribution in [0.25, 0.3) is 0 Å². The summed E-state index contributed by atoms with van der Waals surface area (Å²) < 4.78 is 20.0. The SMILES string of the molecule is CCOC(=O)C1=C(CN2CCN3C(=O)N(c4ccc(CC(=O)O)cc4)CC3C2)NC(c2nccs2)=NC1c1ccc(F)cc1Br. The Balaban J connectivity index is 1.27. The zero-order valence-electron chi connectivity index (χ0n) is 24.3. The Morgan fingerprint density at radius 1 is 1.18 bits per heavy atom. The highest BCUT2D eigenvalue weighted by molar-refractivity contribution is 9.10. The number of aliphatic imine (C=N–C) groups is 1. The monoisotopic (exact) mass is 696 g/mol. The first-order valence-electron chi connectivity index (χ1n) is 14.4. The number of carboxylic acids is 1. The molecule has 2 atom stereocenters. The van der Waals surface area contributed by atoms with E-state index in [9.17, 15) is 18.8 Å². The summed E-state index contributed by atoms with van der Waals surface area (Å²) in [7, 11) is 0. The number of aromatic nitrogens is 1. The molecule has 45 heavy (non-hydrogen) atoms. The zero-order valence-corrected chi connectivity index (χ0v) is 26.7. The van der Waals surface area contributed by atoms with Gasteiger partial charge in [0, 0.05) is 60.2 Å². The summed E-state index contributed by atoms with van der Waals surface area (Å²) in [6.45, 7) is 4.38.